The van der Waals surface area contributed by atoms with Crippen LogP contribution in [0.1, 0.15) is 19.8 Å². The van der Waals surface area contributed by atoms with Gasteiger partial charge in [-0.05, 0) is 6.42 Å². The maximum atomic E-state index is 4.33. The summed E-state index contributed by atoms with van der Waals surface area (Å²) in [6.45, 7) is 5.34. The fraction of sp³-hybridized carbons (Fsp3) is 0.636. The van der Waals surface area contributed by atoms with Crippen LogP contribution < -0.4 is 10.2 Å². The van der Waals surface area contributed by atoms with E-state index in [0.29, 0.717) is 6.04 Å². The molecule has 2 rings (SSSR count). The standard InChI is InChI=1S/C11H18N4/c1-2-3-10-9-15(7-6-13-10)11-8-12-4-5-14-11/h4-5,8,10,13H,2-3,6-7,9H2,1H3/t10-/m1/s1. The molecule has 0 radical (unpaired) electrons. The van der Waals surface area contributed by atoms with Crippen LogP contribution >= 0.6 is 0 Å². The molecule has 1 aliphatic heterocycles. The largest absolute Gasteiger partial charge is 0.353 e. The second-order valence-electron chi connectivity index (χ2n) is 3.95. The summed E-state index contributed by atoms with van der Waals surface area (Å²) in [4.78, 5) is 10.7. The van der Waals surface area contributed by atoms with Gasteiger partial charge in [0.15, 0.2) is 0 Å². The minimum atomic E-state index is 0.603. The molecule has 1 aliphatic rings. The Morgan fingerprint density at radius 1 is 1.53 bits per heavy atom. The van der Waals surface area contributed by atoms with E-state index in [1.165, 1.54) is 12.8 Å². The highest BCUT2D eigenvalue weighted by atomic mass is 15.2. The summed E-state index contributed by atoms with van der Waals surface area (Å²) in [6, 6.07) is 0.603. The van der Waals surface area contributed by atoms with Crippen LogP contribution in [0.25, 0.3) is 0 Å². The van der Waals surface area contributed by atoms with Crippen LogP contribution in [0.2, 0.25) is 0 Å². The van der Waals surface area contributed by atoms with Gasteiger partial charge in [0.2, 0.25) is 0 Å². The number of hydrogen-bond donors (Lipinski definition) is 1. The molecule has 1 aromatic heterocycles. The average Bonchev–Trinajstić information content (AvgIpc) is 2.31. The van der Waals surface area contributed by atoms with E-state index in [4.69, 9.17) is 0 Å². The smallest absolute Gasteiger partial charge is 0.147 e. The number of nitrogens with zero attached hydrogens (tertiary/aromatic N) is 3. The van der Waals surface area contributed by atoms with E-state index < -0.39 is 0 Å². The molecule has 0 aliphatic carbocycles. The van der Waals surface area contributed by atoms with Gasteiger partial charge in [-0.2, -0.15) is 0 Å². The van der Waals surface area contributed by atoms with Crippen molar-refractivity contribution in [3.63, 3.8) is 0 Å². The molecule has 0 aromatic carbocycles. The van der Waals surface area contributed by atoms with Crippen molar-refractivity contribution in [2.45, 2.75) is 25.8 Å². The number of nitrogens with one attached hydrogen (secondary N) is 1. The average molecular weight is 206 g/mol. The van der Waals surface area contributed by atoms with E-state index in [-0.39, 0.29) is 0 Å². The maximum Gasteiger partial charge on any atom is 0.147 e. The fourth-order valence-corrected chi connectivity index (χ4v) is 2.03. The summed E-state index contributed by atoms with van der Waals surface area (Å²) in [5.41, 5.74) is 0. The lowest BCUT2D eigenvalue weighted by Crippen LogP contribution is -2.50. The van der Waals surface area contributed by atoms with Gasteiger partial charge < -0.3 is 10.2 Å². The third-order valence-corrected chi connectivity index (χ3v) is 2.77. The van der Waals surface area contributed by atoms with Gasteiger partial charge in [0, 0.05) is 38.1 Å². The first-order valence-electron chi connectivity index (χ1n) is 5.64. The Morgan fingerprint density at radius 3 is 3.20 bits per heavy atom. The fourth-order valence-electron chi connectivity index (χ4n) is 2.03. The second-order valence-corrected chi connectivity index (χ2v) is 3.95. The molecule has 0 saturated carbocycles. The van der Waals surface area contributed by atoms with Crippen molar-refractivity contribution in [3.8, 4) is 0 Å². The highest BCUT2D eigenvalue weighted by Crippen LogP contribution is 2.12. The molecule has 1 aromatic rings. The van der Waals surface area contributed by atoms with E-state index in [2.05, 4.69) is 27.1 Å². The van der Waals surface area contributed by atoms with Gasteiger partial charge >= 0.3 is 0 Å². The maximum absolute atomic E-state index is 4.33. The molecule has 0 spiro atoms. The molecular weight excluding hydrogens is 188 g/mol. The van der Waals surface area contributed by atoms with Crippen molar-refractivity contribution in [1.82, 2.24) is 15.3 Å². The van der Waals surface area contributed by atoms with Gasteiger partial charge in [0.1, 0.15) is 5.82 Å². The molecule has 1 atom stereocenters. The van der Waals surface area contributed by atoms with Gasteiger partial charge in [0.25, 0.3) is 0 Å². The molecule has 4 nitrogen and oxygen atoms in total. The number of aromatic nitrogens is 2. The van der Waals surface area contributed by atoms with E-state index in [1.807, 2.05) is 6.20 Å². The topological polar surface area (TPSA) is 41.1 Å². The second kappa shape index (κ2) is 5.07. The zero-order valence-electron chi connectivity index (χ0n) is 9.19. The highest BCUT2D eigenvalue weighted by Gasteiger charge is 2.19. The van der Waals surface area contributed by atoms with Crippen molar-refractivity contribution in [2.24, 2.45) is 0 Å². The van der Waals surface area contributed by atoms with Crippen LogP contribution in [0.5, 0.6) is 0 Å². The predicted molar refractivity (Wildman–Crippen MR) is 60.9 cm³/mol. The molecule has 0 unspecified atom stereocenters. The summed E-state index contributed by atoms with van der Waals surface area (Å²) in [7, 11) is 0. The molecular formula is C11H18N4. The zero-order valence-corrected chi connectivity index (χ0v) is 9.19. The third kappa shape index (κ3) is 2.65. The van der Waals surface area contributed by atoms with Crippen molar-refractivity contribution in [2.75, 3.05) is 24.5 Å². The Labute approximate surface area is 90.7 Å². The summed E-state index contributed by atoms with van der Waals surface area (Å²) < 4.78 is 0. The van der Waals surface area contributed by atoms with Gasteiger partial charge in [-0.3, -0.25) is 4.98 Å². The van der Waals surface area contributed by atoms with Gasteiger partial charge in [-0.1, -0.05) is 13.3 Å². The van der Waals surface area contributed by atoms with Gasteiger partial charge in [-0.25, -0.2) is 4.98 Å². The minimum Gasteiger partial charge on any atom is -0.353 e. The molecule has 1 saturated heterocycles. The lowest BCUT2D eigenvalue weighted by atomic mass is 10.1. The number of hydrogen-bond acceptors (Lipinski definition) is 4. The monoisotopic (exact) mass is 206 g/mol. The molecule has 15 heavy (non-hydrogen) atoms. The summed E-state index contributed by atoms with van der Waals surface area (Å²) >= 11 is 0. The van der Waals surface area contributed by atoms with Crippen LogP contribution in [-0.4, -0.2) is 35.6 Å². The number of anilines is 1. The van der Waals surface area contributed by atoms with Crippen LogP contribution in [-0.2, 0) is 0 Å². The Hall–Kier alpha value is -1.16. The van der Waals surface area contributed by atoms with Crippen molar-refractivity contribution in [3.05, 3.63) is 18.6 Å². The van der Waals surface area contributed by atoms with Gasteiger partial charge in [-0.15, -0.1) is 0 Å². The molecule has 4 heteroatoms. The van der Waals surface area contributed by atoms with Crippen LogP contribution in [0, 0.1) is 0 Å². The molecule has 2 heterocycles. The van der Waals surface area contributed by atoms with Gasteiger partial charge in [0.05, 0.1) is 6.20 Å². The van der Waals surface area contributed by atoms with Crippen LogP contribution in [0.15, 0.2) is 18.6 Å². The van der Waals surface area contributed by atoms with Crippen LogP contribution in [0.3, 0.4) is 0 Å². The summed E-state index contributed by atoms with van der Waals surface area (Å²) in [6.07, 6.45) is 7.78. The van der Waals surface area contributed by atoms with E-state index >= 15 is 0 Å². The Morgan fingerprint density at radius 2 is 2.47 bits per heavy atom. The Balaban J connectivity index is 1.98. The SMILES string of the molecule is CCC[C@@H]1CN(c2cnccn2)CCN1. The summed E-state index contributed by atoms with van der Waals surface area (Å²) in [5, 5.41) is 3.53. The minimum absolute atomic E-state index is 0.603. The molecule has 82 valence electrons. The van der Waals surface area contributed by atoms with E-state index in [0.717, 1.165) is 25.5 Å². The van der Waals surface area contributed by atoms with E-state index in [1.54, 1.807) is 12.4 Å². The molecule has 1 N–H and O–H groups in total. The van der Waals surface area contributed by atoms with Crippen molar-refractivity contribution < 1.29 is 0 Å². The first-order chi connectivity index (χ1) is 7.40. The van der Waals surface area contributed by atoms with Crippen molar-refractivity contribution >= 4 is 5.82 Å². The molecule has 0 bridgehead atoms. The Kier molecular flexibility index (Phi) is 3.50. The normalized spacial score (nSPS) is 21.7. The first kappa shape index (κ1) is 10.4. The number of rotatable bonds is 3. The lowest BCUT2D eigenvalue weighted by Gasteiger charge is -2.34. The predicted octanol–water partition coefficient (Wildman–Crippen LogP) is 1.05. The molecule has 0 amide bonds. The first-order valence-corrected chi connectivity index (χ1v) is 5.64. The van der Waals surface area contributed by atoms with E-state index in [9.17, 15) is 0 Å². The third-order valence-electron chi connectivity index (χ3n) is 2.77. The summed E-state index contributed by atoms with van der Waals surface area (Å²) in [5.74, 6) is 1.00. The number of piperazine rings is 1. The molecule has 1 fully saturated rings. The zero-order chi connectivity index (χ0) is 10.5. The Bertz CT molecular complexity index is 286. The van der Waals surface area contributed by atoms with Crippen molar-refractivity contribution in [1.29, 1.82) is 0 Å². The quantitative estimate of drug-likeness (QED) is 0.802. The lowest BCUT2D eigenvalue weighted by molar-refractivity contribution is 0.429. The van der Waals surface area contributed by atoms with Crippen LogP contribution in [0.4, 0.5) is 5.82 Å². The highest BCUT2D eigenvalue weighted by molar-refractivity contribution is 5.36.